The van der Waals surface area contributed by atoms with Crippen LogP contribution in [0.15, 0.2) is 24.3 Å². The first-order valence-corrected chi connectivity index (χ1v) is 6.64. The minimum atomic E-state index is -0.188. The fourth-order valence-electron chi connectivity index (χ4n) is 2.49. The number of phenolic OH excluding ortho intramolecular Hbond substituents is 1. The number of aryl methyl sites for hydroxylation is 2. The van der Waals surface area contributed by atoms with Crippen LogP contribution in [-0.4, -0.2) is 15.3 Å². The van der Waals surface area contributed by atoms with Crippen LogP contribution in [-0.2, 0) is 13.0 Å². The molecule has 0 unspecified atom stereocenters. The zero-order valence-corrected chi connectivity index (χ0v) is 12.1. The Kier molecular flexibility index (Phi) is 4.00. The van der Waals surface area contributed by atoms with Crippen molar-refractivity contribution < 1.29 is 15.3 Å². The first-order chi connectivity index (χ1) is 9.43. The van der Waals surface area contributed by atoms with E-state index >= 15 is 0 Å². The molecule has 0 aromatic heterocycles. The van der Waals surface area contributed by atoms with Crippen LogP contribution in [0.2, 0.25) is 0 Å². The molecule has 0 radical (unpaired) electrons. The number of phenols is 2. The molecule has 0 saturated carbocycles. The molecule has 0 heterocycles. The number of hydrogen-bond acceptors (Lipinski definition) is 3. The van der Waals surface area contributed by atoms with Crippen molar-refractivity contribution >= 4 is 0 Å². The van der Waals surface area contributed by atoms with Crippen LogP contribution in [0, 0.1) is 20.8 Å². The summed E-state index contributed by atoms with van der Waals surface area (Å²) in [5, 5.41) is 29.3. The van der Waals surface area contributed by atoms with Gasteiger partial charge in [-0.05, 0) is 49.1 Å². The van der Waals surface area contributed by atoms with Crippen LogP contribution >= 0.6 is 0 Å². The second-order valence-corrected chi connectivity index (χ2v) is 5.27. The van der Waals surface area contributed by atoms with Crippen molar-refractivity contribution in [1.29, 1.82) is 0 Å². The first kappa shape index (κ1) is 14.4. The fourth-order valence-corrected chi connectivity index (χ4v) is 2.49. The van der Waals surface area contributed by atoms with Crippen LogP contribution in [0.3, 0.4) is 0 Å². The average molecular weight is 272 g/mol. The van der Waals surface area contributed by atoms with Crippen LogP contribution in [0.4, 0.5) is 0 Å². The molecule has 0 spiro atoms. The summed E-state index contributed by atoms with van der Waals surface area (Å²) >= 11 is 0. The second kappa shape index (κ2) is 5.55. The molecule has 3 nitrogen and oxygen atoms in total. The monoisotopic (exact) mass is 272 g/mol. The highest BCUT2D eigenvalue weighted by Crippen LogP contribution is 2.31. The van der Waals surface area contributed by atoms with Crippen LogP contribution < -0.4 is 0 Å². The van der Waals surface area contributed by atoms with E-state index in [4.69, 9.17) is 0 Å². The normalized spacial score (nSPS) is 10.8. The highest BCUT2D eigenvalue weighted by molar-refractivity contribution is 5.51. The number of hydrogen-bond donors (Lipinski definition) is 3. The number of benzene rings is 2. The minimum absolute atomic E-state index is 0.155. The predicted molar refractivity (Wildman–Crippen MR) is 79.2 cm³/mol. The lowest BCUT2D eigenvalue weighted by atomic mass is 9.93. The van der Waals surface area contributed by atoms with E-state index in [1.165, 1.54) is 0 Å². The lowest BCUT2D eigenvalue weighted by Gasteiger charge is -2.15. The van der Waals surface area contributed by atoms with Gasteiger partial charge in [-0.2, -0.15) is 0 Å². The van der Waals surface area contributed by atoms with E-state index in [9.17, 15) is 15.3 Å². The summed E-state index contributed by atoms with van der Waals surface area (Å²) in [7, 11) is 0. The summed E-state index contributed by atoms with van der Waals surface area (Å²) in [6.45, 7) is 5.49. The van der Waals surface area contributed by atoms with Gasteiger partial charge >= 0.3 is 0 Å². The van der Waals surface area contributed by atoms with Gasteiger partial charge in [0.25, 0.3) is 0 Å². The van der Waals surface area contributed by atoms with Gasteiger partial charge in [0.1, 0.15) is 11.5 Å². The van der Waals surface area contributed by atoms with Crippen LogP contribution in [0.1, 0.15) is 33.4 Å². The Labute approximate surface area is 119 Å². The molecular weight excluding hydrogens is 252 g/mol. The van der Waals surface area contributed by atoms with Gasteiger partial charge in [0.15, 0.2) is 0 Å². The van der Waals surface area contributed by atoms with Gasteiger partial charge in [-0.25, -0.2) is 0 Å². The molecule has 106 valence electrons. The maximum absolute atomic E-state index is 9.96. The molecule has 3 heteroatoms. The number of aliphatic hydroxyl groups excluding tert-OH is 1. The van der Waals surface area contributed by atoms with Gasteiger partial charge in [0, 0.05) is 12.0 Å². The third kappa shape index (κ3) is 2.63. The molecule has 0 aliphatic rings. The summed E-state index contributed by atoms with van der Waals surface area (Å²) in [6, 6.07) is 7.42. The molecule has 2 rings (SSSR count). The van der Waals surface area contributed by atoms with Crippen molar-refractivity contribution in [3.63, 3.8) is 0 Å². The Morgan fingerprint density at radius 1 is 0.950 bits per heavy atom. The molecule has 0 amide bonds. The van der Waals surface area contributed by atoms with E-state index in [-0.39, 0.29) is 18.1 Å². The van der Waals surface area contributed by atoms with E-state index in [0.29, 0.717) is 12.0 Å². The van der Waals surface area contributed by atoms with E-state index in [0.717, 1.165) is 27.8 Å². The Bertz CT molecular complexity index is 645. The lowest BCUT2D eigenvalue weighted by molar-refractivity contribution is 0.274. The Balaban J connectivity index is 2.49. The molecule has 2 aromatic carbocycles. The summed E-state index contributed by atoms with van der Waals surface area (Å²) in [4.78, 5) is 0. The van der Waals surface area contributed by atoms with Crippen molar-refractivity contribution in [2.24, 2.45) is 0 Å². The van der Waals surface area contributed by atoms with Gasteiger partial charge in [-0.1, -0.05) is 23.8 Å². The van der Waals surface area contributed by atoms with Gasteiger partial charge in [0.05, 0.1) is 6.61 Å². The maximum atomic E-state index is 9.96. The third-order valence-corrected chi connectivity index (χ3v) is 3.76. The fraction of sp³-hybridized carbons (Fsp3) is 0.294. The van der Waals surface area contributed by atoms with E-state index in [1.807, 2.05) is 39.0 Å². The third-order valence-electron chi connectivity index (χ3n) is 3.76. The number of aromatic hydroxyl groups is 2. The summed E-state index contributed by atoms with van der Waals surface area (Å²) in [6.07, 6.45) is 0.577. The van der Waals surface area contributed by atoms with E-state index in [2.05, 4.69) is 0 Å². The van der Waals surface area contributed by atoms with E-state index in [1.54, 1.807) is 6.07 Å². The first-order valence-electron chi connectivity index (χ1n) is 6.64. The smallest absolute Gasteiger partial charge is 0.124 e. The van der Waals surface area contributed by atoms with Gasteiger partial charge in [0.2, 0.25) is 0 Å². The largest absolute Gasteiger partial charge is 0.508 e. The SMILES string of the molecule is Cc1ccc(O)c(Cc2cc(C)c(O)c(CO)c2C)c1. The predicted octanol–water partition coefficient (Wildman–Crippen LogP) is 3.11. The summed E-state index contributed by atoms with van der Waals surface area (Å²) in [5.41, 5.74) is 5.12. The molecule has 2 aromatic rings. The van der Waals surface area contributed by atoms with Crippen molar-refractivity contribution in [3.8, 4) is 11.5 Å². The molecule has 0 atom stereocenters. The zero-order chi connectivity index (χ0) is 14.9. The second-order valence-electron chi connectivity index (χ2n) is 5.27. The molecule has 0 fully saturated rings. The number of aliphatic hydroxyl groups is 1. The van der Waals surface area contributed by atoms with E-state index < -0.39 is 0 Å². The van der Waals surface area contributed by atoms with Gasteiger partial charge in [-0.15, -0.1) is 0 Å². The van der Waals surface area contributed by atoms with Crippen molar-refractivity contribution in [2.45, 2.75) is 33.8 Å². The van der Waals surface area contributed by atoms with Gasteiger partial charge in [-0.3, -0.25) is 0 Å². The Morgan fingerprint density at radius 3 is 2.30 bits per heavy atom. The molecule has 0 saturated heterocycles. The standard InChI is InChI=1S/C17H20O3/c1-10-4-5-16(19)14(6-10)8-13-7-11(2)17(20)15(9-18)12(13)3/h4-7,18-20H,8-9H2,1-3H3. The number of rotatable bonds is 3. The molecule has 20 heavy (non-hydrogen) atoms. The van der Waals surface area contributed by atoms with Gasteiger partial charge < -0.3 is 15.3 Å². The summed E-state index contributed by atoms with van der Waals surface area (Å²) in [5.74, 6) is 0.425. The lowest BCUT2D eigenvalue weighted by Crippen LogP contribution is -2.00. The maximum Gasteiger partial charge on any atom is 0.124 e. The van der Waals surface area contributed by atoms with Crippen molar-refractivity contribution in [3.05, 3.63) is 57.6 Å². The topological polar surface area (TPSA) is 60.7 Å². The molecule has 3 N–H and O–H groups in total. The minimum Gasteiger partial charge on any atom is -0.508 e. The Hall–Kier alpha value is -2.00. The molecule has 0 aliphatic carbocycles. The highest BCUT2D eigenvalue weighted by Gasteiger charge is 2.13. The molecule has 0 aliphatic heterocycles. The quantitative estimate of drug-likeness (QED) is 0.804. The zero-order valence-electron chi connectivity index (χ0n) is 12.1. The van der Waals surface area contributed by atoms with Crippen molar-refractivity contribution in [1.82, 2.24) is 0 Å². The molecular formula is C17H20O3. The van der Waals surface area contributed by atoms with Crippen molar-refractivity contribution in [2.75, 3.05) is 0 Å². The van der Waals surface area contributed by atoms with Crippen LogP contribution in [0.5, 0.6) is 11.5 Å². The summed E-state index contributed by atoms with van der Waals surface area (Å²) < 4.78 is 0. The van der Waals surface area contributed by atoms with Crippen LogP contribution in [0.25, 0.3) is 0 Å². The Morgan fingerprint density at radius 2 is 1.65 bits per heavy atom. The molecule has 0 bridgehead atoms. The average Bonchev–Trinajstić information content (AvgIpc) is 2.41. The highest BCUT2D eigenvalue weighted by atomic mass is 16.3.